The molecule has 1 fully saturated rings. The van der Waals surface area contributed by atoms with Crippen LogP contribution in [0.15, 0.2) is 0 Å². The zero-order chi connectivity index (χ0) is 15.6. The van der Waals surface area contributed by atoms with E-state index in [2.05, 4.69) is 39.2 Å². The van der Waals surface area contributed by atoms with Crippen molar-refractivity contribution in [3.05, 3.63) is 0 Å². The quantitative estimate of drug-likeness (QED) is 0.621. The molecule has 0 aromatic carbocycles. The van der Waals surface area contributed by atoms with Gasteiger partial charge < -0.3 is 19.2 Å². The lowest BCUT2D eigenvalue weighted by Gasteiger charge is -2.37. The molecule has 20 heavy (non-hydrogen) atoms. The van der Waals surface area contributed by atoms with E-state index in [1.54, 1.807) is 6.92 Å². The highest BCUT2D eigenvalue weighted by Crippen LogP contribution is 2.36. The van der Waals surface area contributed by atoms with Gasteiger partial charge in [-0.3, -0.25) is 0 Å². The smallest absolute Gasteiger partial charge is 0.408 e. The minimum atomic E-state index is -1.94. The van der Waals surface area contributed by atoms with Gasteiger partial charge in [-0.15, -0.1) is 0 Å². The molecule has 6 nitrogen and oxygen atoms in total. The van der Waals surface area contributed by atoms with E-state index in [4.69, 9.17) is 13.9 Å². The van der Waals surface area contributed by atoms with Crippen LogP contribution in [0, 0.1) is 0 Å². The number of alkyl carbamates (subject to hydrolysis) is 1. The van der Waals surface area contributed by atoms with Gasteiger partial charge in [-0.25, -0.2) is 9.59 Å². The number of carbonyl (C=O) groups is 2. The van der Waals surface area contributed by atoms with Crippen molar-refractivity contribution < 1.29 is 23.5 Å². The zero-order valence-electron chi connectivity index (χ0n) is 13.1. The molecule has 1 saturated heterocycles. The number of ether oxygens (including phenoxy) is 2. The molecule has 2 atom stereocenters. The van der Waals surface area contributed by atoms with E-state index in [0.717, 1.165) is 0 Å². The molecule has 0 aromatic rings. The number of hydrogen-bond acceptors (Lipinski definition) is 5. The number of amides is 1. The van der Waals surface area contributed by atoms with Crippen molar-refractivity contribution in [3.63, 3.8) is 0 Å². The maximum absolute atomic E-state index is 11.7. The van der Waals surface area contributed by atoms with Crippen molar-refractivity contribution >= 4 is 20.4 Å². The molecular formula is C13H25NO5Si. The molecular weight excluding hydrogens is 278 g/mol. The summed E-state index contributed by atoms with van der Waals surface area (Å²) in [6, 6.07) is -0.490. The fourth-order valence-corrected chi connectivity index (χ4v) is 2.57. The first-order valence-electron chi connectivity index (χ1n) is 6.86. The van der Waals surface area contributed by atoms with Gasteiger partial charge in [-0.2, -0.15) is 0 Å². The summed E-state index contributed by atoms with van der Waals surface area (Å²) >= 11 is 0. The van der Waals surface area contributed by atoms with Gasteiger partial charge in [0.05, 0.1) is 13.2 Å². The van der Waals surface area contributed by atoms with Crippen molar-refractivity contribution in [1.29, 1.82) is 0 Å². The predicted molar refractivity (Wildman–Crippen MR) is 77.0 cm³/mol. The van der Waals surface area contributed by atoms with Crippen molar-refractivity contribution in [2.45, 2.75) is 58.0 Å². The number of rotatable bonds is 5. The molecule has 1 heterocycles. The van der Waals surface area contributed by atoms with Gasteiger partial charge in [-0.05, 0) is 25.1 Å². The van der Waals surface area contributed by atoms with Gasteiger partial charge in [0, 0.05) is 0 Å². The monoisotopic (exact) mass is 303 g/mol. The summed E-state index contributed by atoms with van der Waals surface area (Å²) in [5.74, 6) is -0.533. The van der Waals surface area contributed by atoms with Crippen LogP contribution in [0.1, 0.15) is 27.7 Å². The van der Waals surface area contributed by atoms with E-state index in [-0.39, 0.29) is 18.3 Å². The fourth-order valence-electron chi connectivity index (χ4n) is 1.54. The fraction of sp³-hybridized carbons (Fsp3) is 0.846. The summed E-state index contributed by atoms with van der Waals surface area (Å²) in [6.07, 6.45) is -1.53. The van der Waals surface area contributed by atoms with Gasteiger partial charge >= 0.3 is 12.1 Å². The molecule has 0 aromatic heterocycles. The Balaban J connectivity index is 2.66. The molecule has 1 aliphatic rings. The Morgan fingerprint density at radius 2 is 2.00 bits per heavy atom. The SMILES string of the molecule is CCOC(=O)[C@@H]1OC(=O)N[C@H]1CO[Si](C)(C)C(C)(C)C. The Morgan fingerprint density at radius 1 is 1.40 bits per heavy atom. The Kier molecular flexibility index (Phi) is 5.20. The first kappa shape index (κ1) is 17.0. The van der Waals surface area contributed by atoms with Crippen molar-refractivity contribution in [3.8, 4) is 0 Å². The molecule has 0 bridgehead atoms. The summed E-state index contributed by atoms with van der Waals surface area (Å²) in [4.78, 5) is 23.0. The van der Waals surface area contributed by atoms with Gasteiger partial charge in [-0.1, -0.05) is 20.8 Å². The molecule has 7 heteroatoms. The standard InChI is InChI=1S/C13H25NO5Si/c1-7-17-11(15)10-9(14-12(16)19-10)8-18-20(5,6)13(2,3)4/h9-10H,7-8H2,1-6H3,(H,14,16)/t9-,10+/m0/s1. The summed E-state index contributed by atoms with van der Waals surface area (Å²) in [5.41, 5.74) is 0. The zero-order valence-corrected chi connectivity index (χ0v) is 14.1. The lowest BCUT2D eigenvalue weighted by atomic mass is 10.2. The third kappa shape index (κ3) is 3.96. The van der Waals surface area contributed by atoms with Crippen LogP contribution in [-0.4, -0.2) is 45.7 Å². The van der Waals surface area contributed by atoms with Gasteiger partial charge in [0.25, 0.3) is 0 Å². The lowest BCUT2D eigenvalue weighted by Crippen LogP contribution is -2.47. The van der Waals surface area contributed by atoms with E-state index >= 15 is 0 Å². The first-order chi connectivity index (χ1) is 9.08. The molecule has 0 radical (unpaired) electrons. The van der Waals surface area contributed by atoms with Crippen LogP contribution in [0.3, 0.4) is 0 Å². The Morgan fingerprint density at radius 3 is 2.50 bits per heavy atom. The normalized spacial score (nSPS) is 23.2. The minimum Gasteiger partial charge on any atom is -0.463 e. The number of nitrogens with one attached hydrogen (secondary N) is 1. The van der Waals surface area contributed by atoms with E-state index in [1.165, 1.54) is 0 Å². The molecule has 0 spiro atoms. The maximum atomic E-state index is 11.7. The minimum absolute atomic E-state index is 0.0654. The molecule has 1 rings (SSSR count). The van der Waals surface area contributed by atoms with E-state index < -0.39 is 32.5 Å². The number of cyclic esters (lactones) is 1. The van der Waals surface area contributed by atoms with Crippen LogP contribution in [0.4, 0.5) is 4.79 Å². The van der Waals surface area contributed by atoms with E-state index in [9.17, 15) is 9.59 Å². The Bertz CT molecular complexity index is 377. The molecule has 0 saturated carbocycles. The van der Waals surface area contributed by atoms with Crippen LogP contribution < -0.4 is 5.32 Å². The highest BCUT2D eigenvalue weighted by molar-refractivity contribution is 6.74. The third-order valence-corrected chi connectivity index (χ3v) is 8.35. The summed E-state index contributed by atoms with van der Waals surface area (Å²) in [5, 5.41) is 2.67. The highest BCUT2D eigenvalue weighted by Gasteiger charge is 2.43. The van der Waals surface area contributed by atoms with Crippen LogP contribution in [0.25, 0.3) is 0 Å². The Hall–Kier alpha value is -1.08. The second kappa shape index (κ2) is 6.13. The van der Waals surface area contributed by atoms with Crippen molar-refractivity contribution in [2.75, 3.05) is 13.2 Å². The predicted octanol–water partition coefficient (Wildman–Crippen LogP) is 2.05. The number of esters is 1. The van der Waals surface area contributed by atoms with E-state index in [0.29, 0.717) is 0 Å². The number of hydrogen-bond donors (Lipinski definition) is 1. The van der Waals surface area contributed by atoms with Gasteiger partial charge in [0.2, 0.25) is 6.10 Å². The molecule has 0 unspecified atom stereocenters. The highest BCUT2D eigenvalue weighted by atomic mass is 28.4. The van der Waals surface area contributed by atoms with Gasteiger partial charge in [0.15, 0.2) is 8.32 Å². The average Bonchev–Trinajstić information content (AvgIpc) is 2.67. The maximum Gasteiger partial charge on any atom is 0.408 e. The van der Waals surface area contributed by atoms with Gasteiger partial charge in [0.1, 0.15) is 6.04 Å². The summed E-state index contributed by atoms with van der Waals surface area (Å²) in [7, 11) is -1.94. The molecule has 1 amide bonds. The lowest BCUT2D eigenvalue weighted by molar-refractivity contribution is -0.152. The van der Waals surface area contributed by atoms with Crippen molar-refractivity contribution in [2.24, 2.45) is 0 Å². The second-order valence-electron chi connectivity index (χ2n) is 6.40. The summed E-state index contributed by atoms with van der Waals surface area (Å²) < 4.78 is 15.9. The molecule has 0 aliphatic carbocycles. The largest absolute Gasteiger partial charge is 0.463 e. The topological polar surface area (TPSA) is 73.9 Å². The second-order valence-corrected chi connectivity index (χ2v) is 11.2. The van der Waals surface area contributed by atoms with Crippen LogP contribution in [-0.2, 0) is 18.7 Å². The van der Waals surface area contributed by atoms with Crippen LogP contribution in [0.2, 0.25) is 18.1 Å². The molecule has 1 N–H and O–H groups in total. The molecule has 116 valence electrons. The summed E-state index contributed by atoms with van der Waals surface area (Å²) in [6.45, 7) is 12.8. The average molecular weight is 303 g/mol. The Labute approximate surface area is 121 Å². The number of carbonyl (C=O) groups excluding carboxylic acids is 2. The van der Waals surface area contributed by atoms with Crippen LogP contribution in [0.5, 0.6) is 0 Å². The van der Waals surface area contributed by atoms with Crippen LogP contribution >= 0.6 is 0 Å². The van der Waals surface area contributed by atoms with Crippen molar-refractivity contribution in [1.82, 2.24) is 5.32 Å². The van der Waals surface area contributed by atoms with E-state index in [1.807, 2.05) is 0 Å². The third-order valence-electron chi connectivity index (χ3n) is 3.85. The first-order valence-corrected chi connectivity index (χ1v) is 9.77. The molecule has 1 aliphatic heterocycles.